The third kappa shape index (κ3) is 1.87. The molecule has 0 radical (unpaired) electrons. The fourth-order valence-corrected chi connectivity index (χ4v) is 2.13. The number of nitrogen functional groups attached to an aromatic ring is 1. The Bertz CT molecular complexity index is 396. The Balaban J connectivity index is 2.18. The van der Waals surface area contributed by atoms with E-state index in [1.165, 1.54) is 6.20 Å². The van der Waals surface area contributed by atoms with Gasteiger partial charge in [-0.1, -0.05) is 0 Å². The van der Waals surface area contributed by atoms with E-state index < -0.39 is 12.1 Å². The minimum Gasteiger partial charge on any atom is -0.383 e. The largest absolute Gasteiger partial charge is 0.383 e. The zero-order valence-corrected chi connectivity index (χ0v) is 8.90. The van der Waals surface area contributed by atoms with Crippen molar-refractivity contribution in [1.29, 1.82) is 0 Å². The second kappa shape index (κ2) is 4.11. The molecule has 6 heteroatoms. The first-order chi connectivity index (χ1) is 7.59. The van der Waals surface area contributed by atoms with Crippen LogP contribution in [0, 0.1) is 0 Å². The molecule has 1 aromatic heterocycles. The predicted molar refractivity (Wildman–Crippen MR) is 57.6 cm³/mol. The molecule has 5 nitrogen and oxygen atoms in total. The molecule has 0 unspecified atom stereocenters. The Labute approximate surface area is 92.6 Å². The van der Waals surface area contributed by atoms with Crippen LogP contribution in [0.1, 0.15) is 42.1 Å². The lowest BCUT2D eigenvalue weighted by molar-refractivity contribution is 0.100. The molecule has 2 rings (SSSR count). The molecule has 1 aromatic rings. The van der Waals surface area contributed by atoms with Crippen molar-refractivity contribution in [2.75, 3.05) is 5.73 Å². The minimum absolute atomic E-state index is 0.0834. The molecule has 0 atom stereocenters. The maximum absolute atomic E-state index is 13.0. The summed E-state index contributed by atoms with van der Waals surface area (Å²) in [5.74, 6) is -0.294. The third-order valence-corrected chi connectivity index (χ3v) is 3.07. The molecule has 4 N–H and O–H groups in total. The highest BCUT2D eigenvalue weighted by atomic mass is 19.1. The van der Waals surface area contributed by atoms with E-state index in [0.717, 1.165) is 0 Å². The van der Waals surface area contributed by atoms with Gasteiger partial charge in [-0.3, -0.25) is 4.79 Å². The molecule has 1 saturated carbocycles. The Hall–Kier alpha value is -1.59. The van der Waals surface area contributed by atoms with Crippen molar-refractivity contribution < 1.29 is 9.18 Å². The average molecular weight is 226 g/mol. The van der Waals surface area contributed by atoms with Gasteiger partial charge in [0.15, 0.2) is 0 Å². The Morgan fingerprint density at radius 3 is 2.56 bits per heavy atom. The van der Waals surface area contributed by atoms with E-state index in [0.29, 0.717) is 25.7 Å². The van der Waals surface area contributed by atoms with Crippen molar-refractivity contribution in [2.45, 2.75) is 37.9 Å². The van der Waals surface area contributed by atoms with E-state index >= 15 is 0 Å². The summed E-state index contributed by atoms with van der Waals surface area (Å²) in [6.07, 6.45) is 3.10. The molecule has 1 aliphatic carbocycles. The smallest absolute Gasteiger partial charge is 0.254 e. The van der Waals surface area contributed by atoms with E-state index in [9.17, 15) is 9.18 Å². The first kappa shape index (κ1) is 10.9. The van der Waals surface area contributed by atoms with Gasteiger partial charge < -0.3 is 11.5 Å². The number of hydrogen-bond acceptors (Lipinski definition) is 3. The summed E-state index contributed by atoms with van der Waals surface area (Å²) in [6, 6.07) is 0.0834. The molecule has 1 fully saturated rings. The molecule has 1 amide bonds. The van der Waals surface area contributed by atoms with E-state index in [4.69, 9.17) is 11.5 Å². The quantitative estimate of drug-likeness (QED) is 0.789. The molecule has 0 bridgehead atoms. The number of anilines is 1. The number of carbonyl (C=O) groups is 1. The van der Waals surface area contributed by atoms with E-state index in [2.05, 4.69) is 5.10 Å². The first-order valence-electron chi connectivity index (χ1n) is 5.36. The SMILES string of the molecule is NC(=O)c1cnn(C2CCC(F)CC2)c1N. The predicted octanol–water partition coefficient (Wildman–Crippen LogP) is 1.02. The summed E-state index contributed by atoms with van der Waals surface area (Å²) in [5.41, 5.74) is 11.2. The standard InChI is InChI=1S/C10H15FN4O/c11-6-1-3-7(4-2-6)15-9(12)8(5-14-15)10(13)16/h5-7H,1-4,12H2,(H2,13,16). The van der Waals surface area contributed by atoms with Crippen molar-refractivity contribution in [3.8, 4) is 0 Å². The molecular formula is C10H15FN4O. The number of amides is 1. The molecular weight excluding hydrogens is 211 g/mol. The van der Waals surface area contributed by atoms with E-state index in [1.54, 1.807) is 4.68 Å². The van der Waals surface area contributed by atoms with Crippen molar-refractivity contribution in [1.82, 2.24) is 9.78 Å². The molecule has 0 spiro atoms. The van der Waals surface area contributed by atoms with Crippen LogP contribution in [0.4, 0.5) is 10.2 Å². The zero-order chi connectivity index (χ0) is 11.7. The van der Waals surface area contributed by atoms with Crippen LogP contribution < -0.4 is 11.5 Å². The van der Waals surface area contributed by atoms with Crippen LogP contribution >= 0.6 is 0 Å². The van der Waals surface area contributed by atoms with Crippen LogP contribution in [0.15, 0.2) is 6.20 Å². The number of nitrogens with two attached hydrogens (primary N) is 2. The third-order valence-electron chi connectivity index (χ3n) is 3.07. The molecule has 0 aromatic carbocycles. The van der Waals surface area contributed by atoms with Gasteiger partial charge in [-0.25, -0.2) is 9.07 Å². The zero-order valence-electron chi connectivity index (χ0n) is 8.90. The van der Waals surface area contributed by atoms with Crippen LogP contribution in [-0.4, -0.2) is 21.9 Å². The van der Waals surface area contributed by atoms with Gasteiger partial charge in [0.1, 0.15) is 17.6 Å². The monoisotopic (exact) mass is 226 g/mol. The number of aromatic nitrogens is 2. The van der Waals surface area contributed by atoms with Crippen LogP contribution in [0.5, 0.6) is 0 Å². The van der Waals surface area contributed by atoms with Crippen molar-refractivity contribution in [3.05, 3.63) is 11.8 Å². The Kier molecular flexibility index (Phi) is 2.80. The lowest BCUT2D eigenvalue weighted by atomic mass is 9.94. The normalized spacial score (nSPS) is 25.6. The fraction of sp³-hybridized carbons (Fsp3) is 0.600. The fourth-order valence-electron chi connectivity index (χ4n) is 2.13. The van der Waals surface area contributed by atoms with Gasteiger partial charge in [0, 0.05) is 0 Å². The number of nitrogens with zero attached hydrogens (tertiary/aromatic N) is 2. The van der Waals surface area contributed by atoms with Gasteiger partial charge in [0.05, 0.1) is 12.2 Å². The maximum atomic E-state index is 13.0. The van der Waals surface area contributed by atoms with Crippen LogP contribution in [0.25, 0.3) is 0 Å². The summed E-state index contributed by atoms with van der Waals surface area (Å²) >= 11 is 0. The Morgan fingerprint density at radius 2 is 2.06 bits per heavy atom. The highest BCUT2D eigenvalue weighted by molar-refractivity contribution is 5.96. The summed E-state index contributed by atoms with van der Waals surface area (Å²) in [4.78, 5) is 11.0. The highest BCUT2D eigenvalue weighted by Gasteiger charge is 2.25. The summed E-state index contributed by atoms with van der Waals surface area (Å²) in [6.45, 7) is 0. The van der Waals surface area contributed by atoms with Crippen molar-refractivity contribution in [2.24, 2.45) is 5.73 Å². The van der Waals surface area contributed by atoms with Crippen molar-refractivity contribution in [3.63, 3.8) is 0 Å². The lowest BCUT2D eigenvalue weighted by Crippen LogP contribution is -2.21. The molecule has 0 aliphatic heterocycles. The van der Waals surface area contributed by atoms with Crippen LogP contribution in [0.3, 0.4) is 0 Å². The van der Waals surface area contributed by atoms with Crippen molar-refractivity contribution >= 4 is 11.7 Å². The van der Waals surface area contributed by atoms with Crippen LogP contribution in [0.2, 0.25) is 0 Å². The summed E-state index contributed by atoms with van der Waals surface area (Å²) in [5, 5.41) is 4.05. The van der Waals surface area contributed by atoms with Gasteiger partial charge in [-0.05, 0) is 25.7 Å². The van der Waals surface area contributed by atoms with Crippen LogP contribution in [-0.2, 0) is 0 Å². The topological polar surface area (TPSA) is 86.9 Å². The second-order valence-corrected chi connectivity index (χ2v) is 4.16. The van der Waals surface area contributed by atoms with Gasteiger partial charge in [0.25, 0.3) is 5.91 Å². The van der Waals surface area contributed by atoms with Gasteiger partial charge in [-0.2, -0.15) is 5.10 Å². The Morgan fingerprint density at radius 1 is 1.44 bits per heavy atom. The molecule has 1 aliphatic rings. The lowest BCUT2D eigenvalue weighted by Gasteiger charge is -2.25. The van der Waals surface area contributed by atoms with Gasteiger partial charge >= 0.3 is 0 Å². The van der Waals surface area contributed by atoms with E-state index in [-0.39, 0.29) is 17.4 Å². The number of halogens is 1. The van der Waals surface area contributed by atoms with Gasteiger partial charge in [-0.15, -0.1) is 0 Å². The minimum atomic E-state index is -0.719. The first-order valence-corrected chi connectivity index (χ1v) is 5.36. The number of hydrogen-bond donors (Lipinski definition) is 2. The molecule has 88 valence electrons. The average Bonchev–Trinajstić information content (AvgIpc) is 2.61. The number of rotatable bonds is 2. The molecule has 16 heavy (non-hydrogen) atoms. The molecule has 0 saturated heterocycles. The number of primary amides is 1. The number of carbonyl (C=O) groups excluding carboxylic acids is 1. The second-order valence-electron chi connectivity index (χ2n) is 4.16. The molecule has 1 heterocycles. The highest BCUT2D eigenvalue weighted by Crippen LogP contribution is 2.31. The van der Waals surface area contributed by atoms with Gasteiger partial charge in [0.2, 0.25) is 0 Å². The maximum Gasteiger partial charge on any atom is 0.254 e. The van der Waals surface area contributed by atoms with E-state index in [1.807, 2.05) is 0 Å². The number of alkyl halides is 1. The summed E-state index contributed by atoms with van der Waals surface area (Å²) in [7, 11) is 0. The summed E-state index contributed by atoms with van der Waals surface area (Å²) < 4.78 is 14.6.